The van der Waals surface area contributed by atoms with Crippen LogP contribution in [-0.2, 0) is 0 Å². The molecule has 76 valence electrons. The fourth-order valence-electron chi connectivity index (χ4n) is 0.827. The highest BCUT2D eigenvalue weighted by molar-refractivity contribution is 8.93. The molecule has 0 aliphatic heterocycles. The molecule has 1 aromatic rings. The summed E-state index contributed by atoms with van der Waals surface area (Å²) in [6.45, 7) is 3.60. The smallest absolute Gasteiger partial charge is 0.0945 e. The van der Waals surface area contributed by atoms with E-state index in [2.05, 4.69) is 6.58 Å². The summed E-state index contributed by atoms with van der Waals surface area (Å²) in [6.07, 6.45) is 1.79. The van der Waals surface area contributed by atoms with Crippen LogP contribution in [0.5, 0.6) is 0 Å². The highest BCUT2D eigenvalue weighted by Crippen LogP contribution is 2.15. The Labute approximate surface area is 104 Å². The summed E-state index contributed by atoms with van der Waals surface area (Å²) in [6, 6.07) is 7.28. The van der Waals surface area contributed by atoms with Gasteiger partial charge in [0.15, 0.2) is 0 Å². The van der Waals surface area contributed by atoms with E-state index in [1.807, 2.05) is 12.1 Å². The van der Waals surface area contributed by atoms with Crippen LogP contribution in [0.2, 0.25) is 5.02 Å². The molecule has 0 amide bonds. The van der Waals surface area contributed by atoms with Gasteiger partial charge in [-0.2, -0.15) is 0 Å². The van der Waals surface area contributed by atoms with Crippen LogP contribution in [0, 0.1) is 5.41 Å². The molecule has 0 aliphatic rings. The molecule has 0 bridgehead atoms. The van der Waals surface area contributed by atoms with Crippen LogP contribution in [0.15, 0.2) is 36.9 Å². The molecule has 1 rings (SSSR count). The molecular formula is C10H11BrClNS. The molecule has 0 saturated heterocycles. The molecule has 0 saturated carbocycles. The van der Waals surface area contributed by atoms with Crippen LogP contribution in [-0.4, -0.2) is 10.8 Å². The maximum Gasteiger partial charge on any atom is 0.0945 e. The molecule has 0 heterocycles. The summed E-state index contributed by atoms with van der Waals surface area (Å²) < 4.78 is 0. The van der Waals surface area contributed by atoms with Crippen molar-refractivity contribution in [3.63, 3.8) is 0 Å². The van der Waals surface area contributed by atoms with Crippen LogP contribution in [0.4, 0.5) is 0 Å². The molecular weight excluding hydrogens is 282 g/mol. The first-order valence-corrected chi connectivity index (χ1v) is 5.18. The van der Waals surface area contributed by atoms with Crippen molar-refractivity contribution >= 4 is 45.4 Å². The van der Waals surface area contributed by atoms with Gasteiger partial charge in [0.25, 0.3) is 0 Å². The maximum absolute atomic E-state index is 7.68. The Morgan fingerprint density at radius 2 is 2.00 bits per heavy atom. The summed E-state index contributed by atoms with van der Waals surface area (Å²) in [7, 11) is 0. The second-order valence-electron chi connectivity index (χ2n) is 2.44. The summed E-state index contributed by atoms with van der Waals surface area (Å²) in [4.78, 5) is 0. The van der Waals surface area contributed by atoms with Crippen molar-refractivity contribution in [3.8, 4) is 0 Å². The van der Waals surface area contributed by atoms with Crippen LogP contribution < -0.4 is 0 Å². The van der Waals surface area contributed by atoms with Crippen molar-refractivity contribution in [2.45, 2.75) is 0 Å². The Balaban J connectivity index is 0.00000169. The Morgan fingerprint density at radius 1 is 1.43 bits per heavy atom. The predicted molar refractivity (Wildman–Crippen MR) is 71.3 cm³/mol. The lowest BCUT2D eigenvalue weighted by molar-refractivity contribution is 1.52. The first-order chi connectivity index (χ1) is 6.24. The molecule has 0 unspecified atom stereocenters. The topological polar surface area (TPSA) is 23.9 Å². The molecule has 1 N–H and O–H groups in total. The number of halogens is 2. The highest BCUT2D eigenvalue weighted by atomic mass is 79.9. The first kappa shape index (κ1) is 13.8. The average Bonchev–Trinajstić information content (AvgIpc) is 2.15. The van der Waals surface area contributed by atoms with Gasteiger partial charge in [-0.25, -0.2) is 0 Å². The van der Waals surface area contributed by atoms with Gasteiger partial charge in [0, 0.05) is 16.3 Å². The minimum atomic E-state index is 0. The molecule has 1 nitrogen and oxygen atoms in total. The average molecular weight is 293 g/mol. The zero-order valence-electron chi connectivity index (χ0n) is 7.50. The molecule has 0 aromatic heterocycles. The maximum atomic E-state index is 7.68. The quantitative estimate of drug-likeness (QED) is 0.505. The molecule has 1 aromatic carbocycles. The number of hydrogen-bond donors (Lipinski definition) is 1. The Bertz CT molecular complexity index is 310. The van der Waals surface area contributed by atoms with E-state index < -0.39 is 0 Å². The summed E-state index contributed by atoms with van der Waals surface area (Å²) >= 11 is 7.18. The summed E-state index contributed by atoms with van der Waals surface area (Å²) in [5, 5.41) is 8.93. The standard InChI is InChI=1S/C10H10ClNS.BrH/c1-2-7-13-10(12)8-3-5-9(11)6-4-8;/h2-6,12H,1,7H2;1H. The van der Waals surface area contributed by atoms with E-state index in [0.717, 1.165) is 11.3 Å². The SMILES string of the molecule is Br.C=CCSC(=N)c1ccc(Cl)cc1. The monoisotopic (exact) mass is 291 g/mol. The van der Waals surface area contributed by atoms with E-state index in [0.29, 0.717) is 10.1 Å². The highest BCUT2D eigenvalue weighted by Gasteiger charge is 1.99. The summed E-state index contributed by atoms with van der Waals surface area (Å²) in [5.41, 5.74) is 0.899. The second-order valence-corrected chi connectivity index (χ2v) is 3.90. The van der Waals surface area contributed by atoms with Crippen molar-refractivity contribution in [1.29, 1.82) is 5.41 Å². The van der Waals surface area contributed by atoms with Gasteiger partial charge in [-0.3, -0.25) is 5.41 Å². The van der Waals surface area contributed by atoms with E-state index in [4.69, 9.17) is 17.0 Å². The van der Waals surface area contributed by atoms with Gasteiger partial charge >= 0.3 is 0 Å². The third kappa shape index (κ3) is 4.31. The lowest BCUT2D eigenvalue weighted by atomic mass is 10.2. The van der Waals surface area contributed by atoms with E-state index in [-0.39, 0.29) is 17.0 Å². The van der Waals surface area contributed by atoms with Crippen LogP contribution in [0.25, 0.3) is 0 Å². The minimum Gasteiger partial charge on any atom is -0.293 e. The molecule has 0 fully saturated rings. The largest absolute Gasteiger partial charge is 0.293 e. The third-order valence-corrected chi connectivity index (χ3v) is 2.63. The minimum absolute atomic E-state index is 0. The number of benzene rings is 1. The van der Waals surface area contributed by atoms with E-state index in [1.165, 1.54) is 11.8 Å². The molecule has 0 atom stereocenters. The number of rotatable bonds is 3. The van der Waals surface area contributed by atoms with Crippen molar-refractivity contribution in [2.24, 2.45) is 0 Å². The third-order valence-electron chi connectivity index (χ3n) is 1.45. The Morgan fingerprint density at radius 3 is 2.50 bits per heavy atom. The Kier molecular flexibility index (Phi) is 6.97. The van der Waals surface area contributed by atoms with Gasteiger partial charge in [-0.1, -0.05) is 29.8 Å². The van der Waals surface area contributed by atoms with Crippen molar-refractivity contribution in [2.75, 3.05) is 5.75 Å². The first-order valence-electron chi connectivity index (χ1n) is 3.82. The number of thioether (sulfide) groups is 1. The van der Waals surface area contributed by atoms with Gasteiger partial charge in [0.05, 0.1) is 5.04 Å². The number of nitrogens with one attached hydrogen (secondary N) is 1. The molecule has 4 heteroatoms. The number of hydrogen-bond acceptors (Lipinski definition) is 2. The molecule has 0 aliphatic carbocycles. The van der Waals surface area contributed by atoms with Crippen molar-refractivity contribution < 1.29 is 0 Å². The van der Waals surface area contributed by atoms with E-state index in [9.17, 15) is 0 Å². The molecule has 0 spiro atoms. The van der Waals surface area contributed by atoms with Gasteiger partial charge in [0.1, 0.15) is 0 Å². The van der Waals surface area contributed by atoms with E-state index >= 15 is 0 Å². The fourth-order valence-corrected chi connectivity index (χ4v) is 1.54. The van der Waals surface area contributed by atoms with Gasteiger partial charge in [-0.05, 0) is 12.1 Å². The van der Waals surface area contributed by atoms with Crippen LogP contribution >= 0.6 is 40.3 Å². The molecule has 14 heavy (non-hydrogen) atoms. The van der Waals surface area contributed by atoms with Crippen LogP contribution in [0.1, 0.15) is 5.56 Å². The van der Waals surface area contributed by atoms with Gasteiger partial charge in [0.2, 0.25) is 0 Å². The predicted octanol–water partition coefficient (Wildman–Crippen LogP) is 4.16. The molecule has 0 radical (unpaired) electrons. The lowest BCUT2D eigenvalue weighted by Gasteiger charge is -2.01. The Hall–Kier alpha value is -0.250. The lowest BCUT2D eigenvalue weighted by Crippen LogP contribution is -1.92. The van der Waals surface area contributed by atoms with Gasteiger partial charge in [-0.15, -0.1) is 35.3 Å². The summed E-state index contributed by atoms with van der Waals surface area (Å²) in [5.74, 6) is 0.765. The van der Waals surface area contributed by atoms with Crippen molar-refractivity contribution in [1.82, 2.24) is 0 Å². The zero-order valence-corrected chi connectivity index (χ0v) is 10.8. The zero-order chi connectivity index (χ0) is 9.68. The normalized spacial score (nSPS) is 8.93. The van der Waals surface area contributed by atoms with E-state index in [1.54, 1.807) is 18.2 Å². The van der Waals surface area contributed by atoms with Crippen LogP contribution in [0.3, 0.4) is 0 Å². The van der Waals surface area contributed by atoms with Gasteiger partial charge < -0.3 is 0 Å². The fraction of sp³-hybridized carbons (Fsp3) is 0.100. The second kappa shape index (κ2) is 7.10. The van der Waals surface area contributed by atoms with Crippen molar-refractivity contribution in [3.05, 3.63) is 47.5 Å².